The van der Waals surface area contributed by atoms with Gasteiger partial charge in [-0.05, 0) is 37.6 Å². The molecule has 1 saturated carbocycles. The number of nitrogens with one attached hydrogen (secondary N) is 1. The maximum absolute atomic E-state index is 3.81. The first kappa shape index (κ1) is 10.8. The molecule has 2 aliphatic rings. The Labute approximate surface area is 92.4 Å². The maximum Gasteiger partial charge on any atom is 0.0676 e. The molecule has 0 amide bonds. The van der Waals surface area contributed by atoms with E-state index in [9.17, 15) is 0 Å². The van der Waals surface area contributed by atoms with Crippen LogP contribution in [-0.2, 0) is 0 Å². The Kier molecular flexibility index (Phi) is 3.13. The van der Waals surface area contributed by atoms with E-state index in [0.29, 0.717) is 4.87 Å². The molecule has 82 valence electrons. The summed E-state index contributed by atoms with van der Waals surface area (Å²) in [6.07, 6.45) is 5.56. The highest BCUT2D eigenvalue weighted by Gasteiger charge is 2.43. The molecule has 0 aromatic heterocycles. The van der Waals surface area contributed by atoms with E-state index >= 15 is 0 Å². The van der Waals surface area contributed by atoms with Crippen LogP contribution >= 0.6 is 11.8 Å². The van der Waals surface area contributed by atoms with E-state index < -0.39 is 0 Å². The molecule has 1 spiro atoms. The molecule has 14 heavy (non-hydrogen) atoms. The smallest absolute Gasteiger partial charge is 0.0676 e. The summed E-state index contributed by atoms with van der Waals surface area (Å²) in [7, 11) is 0. The Balaban J connectivity index is 2.10. The van der Waals surface area contributed by atoms with Gasteiger partial charge in [0.25, 0.3) is 0 Å². The molecular weight excluding hydrogens is 190 g/mol. The molecule has 0 aromatic rings. The molecule has 1 aliphatic heterocycles. The highest BCUT2D eigenvalue weighted by molar-refractivity contribution is 8.01. The topological polar surface area (TPSA) is 12.0 Å². The van der Waals surface area contributed by atoms with Crippen molar-refractivity contribution < 1.29 is 0 Å². The van der Waals surface area contributed by atoms with Crippen LogP contribution in [0.4, 0.5) is 0 Å². The minimum atomic E-state index is 0.426. The summed E-state index contributed by atoms with van der Waals surface area (Å²) in [6, 6.07) is 0. The molecule has 1 nitrogen and oxygen atoms in total. The fraction of sp³-hybridized carbons (Fsp3) is 1.00. The zero-order valence-electron chi connectivity index (χ0n) is 9.68. The van der Waals surface area contributed by atoms with Crippen LogP contribution in [0.1, 0.15) is 46.5 Å². The Hall–Kier alpha value is 0.310. The van der Waals surface area contributed by atoms with Crippen LogP contribution in [-0.4, -0.2) is 16.7 Å². The van der Waals surface area contributed by atoms with Crippen molar-refractivity contribution in [3.8, 4) is 0 Å². The van der Waals surface area contributed by atoms with Crippen molar-refractivity contribution in [3.63, 3.8) is 0 Å². The minimum absolute atomic E-state index is 0.426. The molecule has 4 unspecified atom stereocenters. The average molecular weight is 213 g/mol. The van der Waals surface area contributed by atoms with Gasteiger partial charge >= 0.3 is 0 Å². The summed E-state index contributed by atoms with van der Waals surface area (Å²) in [5, 5.41) is 4.66. The molecule has 0 radical (unpaired) electrons. The van der Waals surface area contributed by atoms with E-state index in [1.807, 2.05) is 0 Å². The lowest BCUT2D eigenvalue weighted by Gasteiger charge is -2.49. The van der Waals surface area contributed by atoms with E-state index in [-0.39, 0.29) is 0 Å². The third kappa shape index (κ3) is 1.96. The molecule has 0 bridgehead atoms. The fourth-order valence-corrected chi connectivity index (χ4v) is 4.82. The monoisotopic (exact) mass is 213 g/mol. The minimum Gasteiger partial charge on any atom is -0.303 e. The summed E-state index contributed by atoms with van der Waals surface area (Å²) in [5.74, 6) is 1.77. The predicted octanol–water partition coefficient (Wildman–Crippen LogP) is 3.25. The Morgan fingerprint density at radius 2 is 1.93 bits per heavy atom. The number of thioether (sulfide) groups is 1. The zero-order valence-corrected chi connectivity index (χ0v) is 10.5. The van der Waals surface area contributed by atoms with Gasteiger partial charge in [-0.2, -0.15) is 0 Å². The molecule has 2 heteroatoms. The van der Waals surface area contributed by atoms with Crippen molar-refractivity contribution in [1.82, 2.24) is 5.32 Å². The van der Waals surface area contributed by atoms with Gasteiger partial charge in [-0.3, -0.25) is 0 Å². The second-order valence-electron chi connectivity index (χ2n) is 5.32. The number of hydrogen-bond donors (Lipinski definition) is 1. The third-order valence-corrected chi connectivity index (χ3v) is 5.70. The van der Waals surface area contributed by atoms with Crippen molar-refractivity contribution in [3.05, 3.63) is 0 Å². The maximum atomic E-state index is 3.81. The van der Waals surface area contributed by atoms with E-state index in [1.165, 1.54) is 32.2 Å². The van der Waals surface area contributed by atoms with Crippen molar-refractivity contribution >= 4 is 11.8 Å². The lowest BCUT2D eigenvalue weighted by atomic mass is 9.79. The summed E-state index contributed by atoms with van der Waals surface area (Å²) in [5.41, 5.74) is 0. The predicted molar refractivity (Wildman–Crippen MR) is 64.6 cm³/mol. The van der Waals surface area contributed by atoms with Gasteiger partial charge in [0.15, 0.2) is 0 Å². The van der Waals surface area contributed by atoms with Gasteiger partial charge in [0.1, 0.15) is 0 Å². The van der Waals surface area contributed by atoms with Gasteiger partial charge in [0.05, 0.1) is 4.87 Å². The molecule has 0 aromatic carbocycles. The lowest BCUT2D eigenvalue weighted by Crippen LogP contribution is -2.55. The van der Waals surface area contributed by atoms with Crippen LogP contribution in [0.2, 0.25) is 0 Å². The average Bonchev–Trinajstić information content (AvgIpc) is 2.12. The van der Waals surface area contributed by atoms with Gasteiger partial charge in [0, 0.05) is 5.25 Å². The largest absolute Gasteiger partial charge is 0.303 e. The third-order valence-electron chi connectivity index (χ3n) is 3.93. The summed E-state index contributed by atoms with van der Waals surface area (Å²) < 4.78 is 0. The molecule has 4 atom stereocenters. The number of rotatable bonds is 0. The number of hydrogen-bond acceptors (Lipinski definition) is 2. The molecule has 2 rings (SSSR count). The van der Waals surface area contributed by atoms with Gasteiger partial charge in [0.2, 0.25) is 0 Å². The highest BCUT2D eigenvalue weighted by atomic mass is 32.2. The van der Waals surface area contributed by atoms with Gasteiger partial charge in [-0.1, -0.05) is 27.2 Å². The fourth-order valence-electron chi connectivity index (χ4n) is 2.95. The van der Waals surface area contributed by atoms with Gasteiger partial charge in [-0.25, -0.2) is 0 Å². The van der Waals surface area contributed by atoms with Crippen LogP contribution in [0, 0.1) is 11.8 Å². The summed E-state index contributed by atoms with van der Waals surface area (Å²) >= 11 is 2.21. The molecule has 1 saturated heterocycles. The summed E-state index contributed by atoms with van der Waals surface area (Å²) in [4.78, 5) is 0.426. The first-order chi connectivity index (χ1) is 6.62. The molecule has 1 heterocycles. The normalized spacial score (nSPS) is 49.5. The zero-order chi connectivity index (χ0) is 10.2. The summed E-state index contributed by atoms with van der Waals surface area (Å²) in [6.45, 7) is 8.46. The Morgan fingerprint density at radius 1 is 1.14 bits per heavy atom. The Morgan fingerprint density at radius 3 is 2.64 bits per heavy atom. The molecular formula is C12H23NS. The standard InChI is InChI=1S/C12H23NS/c1-9-4-5-10(2)12(8-9)13-7-6-11(3)14-12/h9-11,13H,4-8H2,1-3H3. The van der Waals surface area contributed by atoms with Crippen molar-refractivity contribution in [2.24, 2.45) is 11.8 Å². The second kappa shape index (κ2) is 4.05. The van der Waals surface area contributed by atoms with Crippen LogP contribution in [0.3, 0.4) is 0 Å². The van der Waals surface area contributed by atoms with E-state index in [0.717, 1.165) is 17.1 Å². The first-order valence-electron chi connectivity index (χ1n) is 6.05. The highest BCUT2D eigenvalue weighted by Crippen LogP contribution is 2.47. The van der Waals surface area contributed by atoms with Crippen LogP contribution in [0.25, 0.3) is 0 Å². The SMILES string of the molecule is CC1CCC(C)C2(C1)NCCC(C)S2. The van der Waals surface area contributed by atoms with E-state index in [1.54, 1.807) is 0 Å². The quantitative estimate of drug-likeness (QED) is 0.663. The lowest BCUT2D eigenvalue weighted by molar-refractivity contribution is 0.194. The Bertz CT molecular complexity index is 198. The van der Waals surface area contributed by atoms with Crippen molar-refractivity contribution in [2.75, 3.05) is 6.54 Å². The van der Waals surface area contributed by atoms with Crippen LogP contribution in [0.5, 0.6) is 0 Å². The van der Waals surface area contributed by atoms with Crippen molar-refractivity contribution in [2.45, 2.75) is 56.6 Å². The molecule has 1 aliphatic carbocycles. The second-order valence-corrected chi connectivity index (χ2v) is 7.09. The van der Waals surface area contributed by atoms with Crippen LogP contribution < -0.4 is 5.32 Å². The first-order valence-corrected chi connectivity index (χ1v) is 6.93. The van der Waals surface area contributed by atoms with Gasteiger partial charge in [-0.15, -0.1) is 11.8 Å². The van der Waals surface area contributed by atoms with Gasteiger partial charge < -0.3 is 5.32 Å². The molecule has 1 N–H and O–H groups in total. The van der Waals surface area contributed by atoms with Crippen LogP contribution in [0.15, 0.2) is 0 Å². The van der Waals surface area contributed by atoms with E-state index in [2.05, 4.69) is 37.8 Å². The van der Waals surface area contributed by atoms with E-state index in [4.69, 9.17) is 0 Å². The van der Waals surface area contributed by atoms with Crippen molar-refractivity contribution in [1.29, 1.82) is 0 Å². The molecule has 2 fully saturated rings.